The lowest BCUT2D eigenvalue weighted by Crippen LogP contribution is -2.28. The molecule has 30 heavy (non-hydrogen) atoms. The molecule has 0 aliphatic carbocycles. The monoisotopic (exact) mass is 418 g/mol. The Morgan fingerprint density at radius 3 is 2.47 bits per heavy atom. The fourth-order valence-electron chi connectivity index (χ4n) is 3.70. The van der Waals surface area contributed by atoms with Crippen LogP contribution >= 0.6 is 12.2 Å². The number of hydrogen-bond acceptors (Lipinski definition) is 5. The van der Waals surface area contributed by atoms with E-state index in [0.29, 0.717) is 24.9 Å². The Morgan fingerprint density at radius 2 is 1.73 bits per heavy atom. The van der Waals surface area contributed by atoms with Crippen molar-refractivity contribution in [1.82, 2.24) is 10.3 Å². The number of ether oxygens (including phenoxy) is 2. The molecule has 3 aromatic rings. The van der Waals surface area contributed by atoms with Crippen molar-refractivity contribution in [3.05, 3.63) is 77.5 Å². The summed E-state index contributed by atoms with van der Waals surface area (Å²) in [5.41, 5.74) is 4.66. The van der Waals surface area contributed by atoms with Gasteiger partial charge >= 0.3 is 0 Å². The van der Waals surface area contributed by atoms with Crippen LogP contribution in [0.1, 0.15) is 16.7 Å². The Balaban J connectivity index is 1.15. The lowest BCUT2D eigenvalue weighted by Gasteiger charge is -2.19. The highest BCUT2D eigenvalue weighted by Gasteiger charge is 2.19. The largest absolute Gasteiger partial charge is 0.486 e. The molecular weight excluding hydrogens is 396 g/mol. The van der Waals surface area contributed by atoms with Crippen LogP contribution in [0.2, 0.25) is 0 Å². The molecule has 6 nitrogen and oxygen atoms in total. The van der Waals surface area contributed by atoms with Crippen LogP contribution in [0.3, 0.4) is 0 Å². The molecule has 7 heteroatoms. The minimum absolute atomic E-state index is 0.549. The van der Waals surface area contributed by atoms with Crippen LogP contribution in [0, 0.1) is 0 Å². The predicted molar refractivity (Wildman–Crippen MR) is 121 cm³/mol. The van der Waals surface area contributed by atoms with Gasteiger partial charge in [-0.15, -0.1) is 0 Å². The van der Waals surface area contributed by atoms with Crippen LogP contribution < -0.4 is 25.0 Å². The molecule has 0 fully saturated rings. The van der Waals surface area contributed by atoms with Crippen molar-refractivity contribution in [3.63, 3.8) is 0 Å². The number of nitrogens with zero attached hydrogens (tertiary/aromatic N) is 2. The highest BCUT2D eigenvalue weighted by atomic mass is 32.1. The Morgan fingerprint density at radius 1 is 0.967 bits per heavy atom. The van der Waals surface area contributed by atoms with E-state index in [0.717, 1.165) is 41.7 Å². The molecule has 3 heterocycles. The molecule has 0 spiro atoms. The zero-order chi connectivity index (χ0) is 20.3. The number of hydrogen-bond donors (Lipinski definition) is 2. The quantitative estimate of drug-likeness (QED) is 0.624. The van der Waals surface area contributed by atoms with Crippen LogP contribution in [0.15, 0.2) is 60.8 Å². The molecule has 0 saturated heterocycles. The first-order valence-electron chi connectivity index (χ1n) is 9.96. The van der Waals surface area contributed by atoms with Gasteiger partial charge in [0.2, 0.25) is 0 Å². The van der Waals surface area contributed by atoms with Gasteiger partial charge in [-0.3, -0.25) is 0 Å². The summed E-state index contributed by atoms with van der Waals surface area (Å²) in [5, 5.41) is 6.96. The molecule has 0 bridgehead atoms. The molecule has 0 saturated carbocycles. The van der Waals surface area contributed by atoms with Gasteiger partial charge in [0.25, 0.3) is 0 Å². The van der Waals surface area contributed by atoms with Gasteiger partial charge in [0.05, 0.1) is 11.9 Å². The summed E-state index contributed by atoms with van der Waals surface area (Å²) in [6.45, 7) is 3.56. The van der Waals surface area contributed by atoms with Gasteiger partial charge in [0.15, 0.2) is 16.6 Å². The summed E-state index contributed by atoms with van der Waals surface area (Å²) >= 11 is 5.43. The number of nitrogens with one attached hydrogen (secondary N) is 2. The summed E-state index contributed by atoms with van der Waals surface area (Å²) in [6, 6.07) is 18.5. The number of anilines is 2. The normalized spacial score (nSPS) is 14.2. The third-order valence-electron chi connectivity index (χ3n) is 5.23. The smallest absolute Gasteiger partial charge is 0.171 e. The molecule has 1 aromatic heterocycles. The number of fused-ring (bicyclic) bond motifs is 2. The minimum Gasteiger partial charge on any atom is -0.486 e. The summed E-state index contributed by atoms with van der Waals surface area (Å²) in [4.78, 5) is 6.88. The number of thiocarbonyl (C=S) groups is 1. The lowest BCUT2D eigenvalue weighted by molar-refractivity contribution is 0.171. The molecule has 2 aliphatic heterocycles. The standard InChI is InChI=1S/C23H22N4O2S/c30-23(25-12-16-5-7-20-21(11-16)29-10-9-28-20)26-19-6-8-22(24-13-19)27-14-17-3-1-2-4-18(17)15-27/h1-8,11,13H,9-10,12,14-15H2,(H2,25,26,30). The van der Waals surface area contributed by atoms with E-state index in [9.17, 15) is 0 Å². The van der Waals surface area contributed by atoms with E-state index < -0.39 is 0 Å². The van der Waals surface area contributed by atoms with E-state index in [1.807, 2.05) is 36.5 Å². The number of rotatable bonds is 4. The molecule has 2 aromatic carbocycles. The van der Waals surface area contributed by atoms with Gasteiger partial charge in [0.1, 0.15) is 19.0 Å². The van der Waals surface area contributed by atoms with E-state index >= 15 is 0 Å². The lowest BCUT2D eigenvalue weighted by atomic mass is 10.1. The van der Waals surface area contributed by atoms with Crippen LogP contribution in [-0.2, 0) is 19.6 Å². The average molecular weight is 419 g/mol. The SMILES string of the molecule is S=C(NCc1ccc2c(c1)OCCO2)Nc1ccc(N2Cc3ccccc3C2)nc1. The maximum absolute atomic E-state index is 5.63. The molecule has 5 rings (SSSR count). The van der Waals surface area contributed by atoms with Crippen LogP contribution in [0.4, 0.5) is 11.5 Å². The van der Waals surface area contributed by atoms with Gasteiger partial charge in [-0.1, -0.05) is 30.3 Å². The zero-order valence-electron chi connectivity index (χ0n) is 16.4. The summed E-state index contributed by atoms with van der Waals surface area (Å²) < 4.78 is 11.2. The maximum atomic E-state index is 5.63. The second kappa shape index (κ2) is 8.20. The molecule has 0 atom stereocenters. The van der Waals surface area contributed by atoms with E-state index in [2.05, 4.69) is 44.8 Å². The molecule has 0 radical (unpaired) electrons. The van der Waals surface area contributed by atoms with Crippen molar-refractivity contribution >= 4 is 28.8 Å². The van der Waals surface area contributed by atoms with E-state index in [1.165, 1.54) is 11.1 Å². The number of benzene rings is 2. The number of pyridine rings is 1. The van der Waals surface area contributed by atoms with Crippen molar-refractivity contribution in [2.45, 2.75) is 19.6 Å². The van der Waals surface area contributed by atoms with E-state index in [-0.39, 0.29) is 0 Å². The highest BCUT2D eigenvalue weighted by Crippen LogP contribution is 2.30. The Bertz CT molecular complexity index is 1050. The minimum atomic E-state index is 0.549. The zero-order valence-corrected chi connectivity index (χ0v) is 17.2. The third-order valence-corrected chi connectivity index (χ3v) is 5.48. The summed E-state index contributed by atoms with van der Waals surface area (Å²) in [5.74, 6) is 2.54. The van der Waals surface area contributed by atoms with Gasteiger partial charge < -0.3 is 25.0 Å². The van der Waals surface area contributed by atoms with Crippen molar-refractivity contribution < 1.29 is 9.47 Å². The topological polar surface area (TPSA) is 58.6 Å². The van der Waals surface area contributed by atoms with Crippen LogP contribution in [0.25, 0.3) is 0 Å². The first-order valence-corrected chi connectivity index (χ1v) is 10.4. The van der Waals surface area contributed by atoms with E-state index in [4.69, 9.17) is 21.7 Å². The van der Waals surface area contributed by atoms with Crippen molar-refractivity contribution in [1.29, 1.82) is 0 Å². The maximum Gasteiger partial charge on any atom is 0.171 e. The number of aromatic nitrogens is 1. The van der Waals surface area contributed by atoms with Crippen molar-refractivity contribution in [2.75, 3.05) is 23.4 Å². The van der Waals surface area contributed by atoms with Gasteiger partial charge in [-0.2, -0.15) is 0 Å². The second-order valence-corrected chi connectivity index (χ2v) is 7.72. The molecule has 2 N–H and O–H groups in total. The van der Waals surface area contributed by atoms with Gasteiger partial charge in [0, 0.05) is 19.6 Å². The Kier molecular flexibility index (Phi) is 5.11. The first-order chi connectivity index (χ1) is 14.7. The molecule has 0 unspecified atom stereocenters. The van der Waals surface area contributed by atoms with Gasteiger partial charge in [-0.05, 0) is 53.2 Å². The molecule has 0 amide bonds. The molecule has 2 aliphatic rings. The van der Waals surface area contributed by atoms with Gasteiger partial charge in [-0.25, -0.2) is 4.98 Å². The van der Waals surface area contributed by atoms with Crippen LogP contribution in [0.5, 0.6) is 11.5 Å². The Labute approximate surface area is 180 Å². The molecular formula is C23H22N4O2S. The third kappa shape index (κ3) is 4.02. The summed E-state index contributed by atoms with van der Waals surface area (Å²) in [6.07, 6.45) is 1.82. The average Bonchev–Trinajstić information content (AvgIpc) is 3.22. The van der Waals surface area contributed by atoms with E-state index in [1.54, 1.807) is 0 Å². The second-order valence-electron chi connectivity index (χ2n) is 7.32. The Hall–Kier alpha value is -3.32. The fourth-order valence-corrected chi connectivity index (χ4v) is 3.89. The van der Waals surface area contributed by atoms with Crippen molar-refractivity contribution in [3.8, 4) is 11.5 Å². The summed E-state index contributed by atoms with van der Waals surface area (Å²) in [7, 11) is 0. The first kappa shape index (κ1) is 18.7. The van der Waals surface area contributed by atoms with Crippen LogP contribution in [-0.4, -0.2) is 23.3 Å². The highest BCUT2D eigenvalue weighted by molar-refractivity contribution is 7.80. The fraction of sp³-hybridized carbons (Fsp3) is 0.217. The van der Waals surface area contributed by atoms with Crippen molar-refractivity contribution in [2.24, 2.45) is 0 Å². The predicted octanol–water partition coefficient (Wildman–Crippen LogP) is 3.86. The molecule has 152 valence electrons.